The molecule has 0 aromatic carbocycles. The van der Waals surface area contributed by atoms with Crippen LogP contribution in [0.4, 0.5) is 0 Å². The van der Waals surface area contributed by atoms with Crippen molar-refractivity contribution in [1.82, 2.24) is 19.4 Å². The number of hydrogen-bond donors (Lipinski definition) is 0. The highest BCUT2D eigenvalue weighted by Gasteiger charge is 2.42. The van der Waals surface area contributed by atoms with Crippen molar-refractivity contribution in [2.75, 3.05) is 20.6 Å². The van der Waals surface area contributed by atoms with E-state index in [1.807, 2.05) is 49.1 Å². The molecule has 1 saturated carbocycles. The zero-order chi connectivity index (χ0) is 17.7. The van der Waals surface area contributed by atoms with Crippen LogP contribution >= 0.6 is 0 Å². The molecule has 2 amide bonds. The Hall–Kier alpha value is -2.37. The molecule has 1 saturated heterocycles. The fourth-order valence-electron chi connectivity index (χ4n) is 4.41. The number of piperidine rings is 1. The van der Waals surface area contributed by atoms with Gasteiger partial charge in [-0.2, -0.15) is 5.10 Å². The smallest absolute Gasteiger partial charge is 0.257 e. The number of aromatic nitrogens is 2. The molecule has 6 heteroatoms. The number of nitrogens with zero attached hydrogens (tertiary/aromatic N) is 4. The molecule has 6 nitrogen and oxygen atoms in total. The van der Waals surface area contributed by atoms with E-state index in [9.17, 15) is 9.59 Å². The molecule has 0 unspecified atom stereocenters. The van der Waals surface area contributed by atoms with Crippen molar-refractivity contribution < 1.29 is 9.59 Å². The molecule has 132 valence electrons. The van der Waals surface area contributed by atoms with Gasteiger partial charge in [0.2, 0.25) is 5.91 Å². The van der Waals surface area contributed by atoms with Crippen molar-refractivity contribution in [3.8, 4) is 0 Å². The maximum atomic E-state index is 13.0. The Kier molecular flexibility index (Phi) is 3.78. The molecule has 2 aliphatic rings. The molecular weight excluding hydrogens is 316 g/mol. The van der Waals surface area contributed by atoms with E-state index in [-0.39, 0.29) is 17.9 Å². The molecule has 2 aromatic heterocycles. The van der Waals surface area contributed by atoms with Crippen LogP contribution in [0, 0.1) is 18.8 Å². The number of carbonyl (C=O) groups is 2. The van der Waals surface area contributed by atoms with E-state index in [0.29, 0.717) is 23.8 Å². The first-order chi connectivity index (χ1) is 11.9. The van der Waals surface area contributed by atoms with Gasteiger partial charge in [0.25, 0.3) is 5.91 Å². The first-order valence-electron chi connectivity index (χ1n) is 8.89. The minimum atomic E-state index is 0.0159. The van der Waals surface area contributed by atoms with E-state index >= 15 is 0 Å². The van der Waals surface area contributed by atoms with E-state index in [2.05, 4.69) is 5.10 Å². The van der Waals surface area contributed by atoms with Crippen LogP contribution in [-0.2, 0) is 4.79 Å². The Balaban J connectivity index is 1.53. The number of aryl methyl sites for hydroxylation is 1. The number of likely N-dealkylation sites (tertiary alicyclic amines) is 1. The summed E-state index contributed by atoms with van der Waals surface area (Å²) in [6.07, 6.45) is 6.11. The lowest BCUT2D eigenvalue weighted by molar-refractivity contribution is -0.134. The molecule has 25 heavy (non-hydrogen) atoms. The largest absolute Gasteiger partial charge is 0.345 e. The first-order valence-corrected chi connectivity index (χ1v) is 8.89. The normalized spacial score (nSPS) is 26.1. The standard InChI is InChI=1S/C19H24N4O2/c1-12-4-5-17-16(9-20-23(17)10-12)19(25)22(3)15-6-13-8-18(24)21(2)11-14(13)7-15/h4-5,9-10,13-15H,6-8,11H2,1-3H3/t13-,14+,15-/m0/s1. The summed E-state index contributed by atoms with van der Waals surface area (Å²) in [5.74, 6) is 1.17. The average molecular weight is 340 g/mol. The minimum absolute atomic E-state index is 0.0159. The molecule has 2 aromatic rings. The van der Waals surface area contributed by atoms with Crippen molar-refractivity contribution in [3.63, 3.8) is 0 Å². The monoisotopic (exact) mass is 340 g/mol. The van der Waals surface area contributed by atoms with E-state index in [4.69, 9.17) is 0 Å². The van der Waals surface area contributed by atoms with Gasteiger partial charge in [0.05, 0.1) is 17.3 Å². The van der Waals surface area contributed by atoms with Crippen LogP contribution in [0.25, 0.3) is 5.52 Å². The van der Waals surface area contributed by atoms with Gasteiger partial charge in [0.15, 0.2) is 0 Å². The summed E-state index contributed by atoms with van der Waals surface area (Å²) in [6.45, 7) is 2.82. The zero-order valence-corrected chi connectivity index (χ0v) is 15.0. The van der Waals surface area contributed by atoms with Gasteiger partial charge >= 0.3 is 0 Å². The Bertz CT molecular complexity index is 843. The lowest BCUT2D eigenvalue weighted by atomic mass is 9.88. The molecule has 4 rings (SSSR count). The number of pyridine rings is 1. The van der Waals surface area contributed by atoms with Crippen LogP contribution in [0.2, 0.25) is 0 Å². The third-order valence-corrected chi connectivity index (χ3v) is 5.95. The van der Waals surface area contributed by atoms with Crippen LogP contribution in [0.5, 0.6) is 0 Å². The molecule has 3 heterocycles. The molecule has 0 radical (unpaired) electrons. The lowest BCUT2D eigenvalue weighted by Crippen LogP contribution is -2.39. The number of carbonyl (C=O) groups excluding carboxylic acids is 2. The summed E-state index contributed by atoms with van der Waals surface area (Å²) in [7, 11) is 3.76. The zero-order valence-electron chi connectivity index (χ0n) is 15.0. The maximum absolute atomic E-state index is 13.0. The van der Waals surface area contributed by atoms with Crippen molar-refractivity contribution >= 4 is 17.3 Å². The highest BCUT2D eigenvalue weighted by atomic mass is 16.2. The molecule has 1 aliphatic carbocycles. The quantitative estimate of drug-likeness (QED) is 0.840. The fourth-order valence-corrected chi connectivity index (χ4v) is 4.41. The number of rotatable bonds is 2. The summed E-state index contributed by atoms with van der Waals surface area (Å²) in [6, 6.07) is 4.15. The molecule has 0 N–H and O–H groups in total. The molecule has 1 aliphatic heterocycles. The highest BCUT2D eigenvalue weighted by molar-refractivity contribution is 6.00. The van der Waals surface area contributed by atoms with Crippen LogP contribution in [0.15, 0.2) is 24.5 Å². The highest BCUT2D eigenvalue weighted by Crippen LogP contribution is 2.40. The number of hydrogen-bond acceptors (Lipinski definition) is 3. The van der Waals surface area contributed by atoms with E-state index < -0.39 is 0 Å². The summed E-state index contributed by atoms with van der Waals surface area (Å²) in [5, 5.41) is 4.32. The molecule has 0 bridgehead atoms. The van der Waals surface area contributed by atoms with Gasteiger partial charge in [0, 0.05) is 39.3 Å². The Morgan fingerprint density at radius 1 is 1.28 bits per heavy atom. The average Bonchev–Trinajstić information content (AvgIpc) is 3.17. The van der Waals surface area contributed by atoms with Crippen LogP contribution in [-0.4, -0.2) is 57.9 Å². The van der Waals surface area contributed by atoms with Gasteiger partial charge < -0.3 is 9.80 Å². The van der Waals surface area contributed by atoms with Crippen molar-refractivity contribution in [3.05, 3.63) is 35.7 Å². The second kappa shape index (κ2) is 5.86. The Labute approximate surface area is 147 Å². The maximum Gasteiger partial charge on any atom is 0.257 e. The van der Waals surface area contributed by atoms with Crippen LogP contribution < -0.4 is 0 Å². The molecular formula is C19H24N4O2. The second-order valence-corrected chi connectivity index (χ2v) is 7.63. The Morgan fingerprint density at radius 3 is 2.84 bits per heavy atom. The predicted molar refractivity (Wildman–Crippen MR) is 94.3 cm³/mol. The van der Waals surface area contributed by atoms with Gasteiger partial charge in [-0.3, -0.25) is 9.59 Å². The van der Waals surface area contributed by atoms with Gasteiger partial charge in [-0.15, -0.1) is 0 Å². The topological polar surface area (TPSA) is 57.9 Å². The minimum Gasteiger partial charge on any atom is -0.345 e. The van der Waals surface area contributed by atoms with E-state index in [1.165, 1.54) is 0 Å². The lowest BCUT2D eigenvalue weighted by Gasteiger charge is -2.31. The van der Waals surface area contributed by atoms with Crippen molar-refractivity contribution in [2.24, 2.45) is 11.8 Å². The van der Waals surface area contributed by atoms with E-state index in [1.54, 1.807) is 10.7 Å². The second-order valence-electron chi connectivity index (χ2n) is 7.63. The summed E-state index contributed by atoms with van der Waals surface area (Å²) in [5.41, 5.74) is 2.59. The van der Waals surface area contributed by atoms with Crippen LogP contribution in [0.3, 0.4) is 0 Å². The van der Waals surface area contributed by atoms with Crippen LogP contribution in [0.1, 0.15) is 35.2 Å². The molecule has 2 fully saturated rings. The van der Waals surface area contributed by atoms with Gasteiger partial charge in [-0.1, -0.05) is 6.07 Å². The Morgan fingerprint density at radius 2 is 2.04 bits per heavy atom. The SMILES string of the molecule is Cc1ccc2c(C(=O)N(C)[C@H]3C[C@H]4CC(=O)N(C)C[C@H]4C3)cnn2c1. The third-order valence-electron chi connectivity index (χ3n) is 5.95. The van der Waals surface area contributed by atoms with Crippen molar-refractivity contribution in [1.29, 1.82) is 0 Å². The van der Waals surface area contributed by atoms with E-state index in [0.717, 1.165) is 30.5 Å². The third kappa shape index (κ3) is 2.69. The van der Waals surface area contributed by atoms with Gasteiger partial charge in [-0.05, 0) is 43.2 Å². The first kappa shape index (κ1) is 16.1. The summed E-state index contributed by atoms with van der Waals surface area (Å²) >= 11 is 0. The fraction of sp³-hybridized carbons (Fsp3) is 0.526. The van der Waals surface area contributed by atoms with Gasteiger partial charge in [-0.25, -0.2) is 4.52 Å². The molecule has 3 atom stereocenters. The summed E-state index contributed by atoms with van der Waals surface area (Å²) in [4.78, 5) is 28.7. The molecule has 0 spiro atoms. The number of fused-ring (bicyclic) bond motifs is 2. The van der Waals surface area contributed by atoms with Gasteiger partial charge in [0.1, 0.15) is 0 Å². The predicted octanol–water partition coefficient (Wildman–Crippen LogP) is 1.97. The van der Waals surface area contributed by atoms with Crippen molar-refractivity contribution in [2.45, 2.75) is 32.2 Å². The number of amides is 2. The summed E-state index contributed by atoms with van der Waals surface area (Å²) < 4.78 is 1.76.